The Kier molecular flexibility index (Phi) is 18.4. The van der Waals surface area contributed by atoms with E-state index in [-0.39, 0.29) is 26.4 Å². The topological polar surface area (TPSA) is 124 Å². The third kappa shape index (κ3) is 12.4. The van der Waals surface area contributed by atoms with E-state index >= 15 is 0 Å². The molecule has 324 valence electrons. The maximum atomic E-state index is 12.4. The number of benzene rings is 4. The van der Waals surface area contributed by atoms with E-state index in [2.05, 4.69) is 34.3 Å². The van der Waals surface area contributed by atoms with E-state index in [1.165, 1.54) is 0 Å². The van der Waals surface area contributed by atoms with Crippen LogP contribution in [0.25, 0.3) is 0 Å². The molecule has 1 aliphatic rings. The van der Waals surface area contributed by atoms with Gasteiger partial charge >= 0.3 is 5.97 Å². The molecule has 60 heavy (non-hydrogen) atoms. The minimum absolute atomic E-state index is 0.0340. The molecular formula is C51H66O9. The molecule has 9 heteroatoms. The molecule has 0 unspecified atom stereocenters. The fraction of sp³-hybridized carbons (Fsp3) is 0.471. The predicted molar refractivity (Wildman–Crippen MR) is 236 cm³/mol. The molecule has 3 N–H and O–H groups in total. The highest BCUT2D eigenvalue weighted by atomic mass is 16.5. The first-order valence-corrected chi connectivity index (χ1v) is 22.0. The zero-order valence-electron chi connectivity index (χ0n) is 36.3. The second-order valence-electron chi connectivity index (χ2n) is 15.8. The molecule has 0 fully saturated rings. The lowest BCUT2D eigenvalue weighted by Crippen LogP contribution is -2.12. The van der Waals surface area contributed by atoms with Crippen LogP contribution in [0.5, 0.6) is 23.0 Å². The van der Waals surface area contributed by atoms with Crippen LogP contribution in [-0.4, -0.2) is 47.7 Å². The quantitative estimate of drug-likeness (QED) is 0.0356. The highest BCUT2D eigenvalue weighted by Gasteiger charge is 2.25. The van der Waals surface area contributed by atoms with Gasteiger partial charge in [0.2, 0.25) is 0 Å². The Morgan fingerprint density at radius 1 is 0.483 bits per heavy atom. The standard InChI is InChI=1S/C51H66O9/c1-6-11-15-56-48-39-19-35(31-52)20-40(48)28-42-22-37(33-54)24-44(50(42)58-17-13-8-3)30-46-26-38(34-60-47(55)10-5)25-45(51(46)59-18-14-9-4)29-43-23-36(32-53)21-41(27-39)49(43)57-16-12-7-2/h10,19-26,52-54H,5-9,11-18,27-34H2,1-4H3. The van der Waals surface area contributed by atoms with E-state index in [1.54, 1.807) is 0 Å². The van der Waals surface area contributed by atoms with Crippen molar-refractivity contribution in [2.75, 3.05) is 26.4 Å². The molecule has 9 nitrogen and oxygen atoms in total. The van der Waals surface area contributed by atoms with Gasteiger partial charge in [0.15, 0.2) is 0 Å². The zero-order chi connectivity index (χ0) is 42.9. The number of fused-ring (bicyclic) bond motifs is 8. The van der Waals surface area contributed by atoms with Crippen molar-refractivity contribution in [1.29, 1.82) is 0 Å². The first-order valence-electron chi connectivity index (χ1n) is 22.0. The summed E-state index contributed by atoms with van der Waals surface area (Å²) in [7, 11) is 0. The lowest BCUT2D eigenvalue weighted by molar-refractivity contribution is -0.138. The van der Waals surface area contributed by atoms with Gasteiger partial charge in [0, 0.05) is 31.8 Å². The summed E-state index contributed by atoms with van der Waals surface area (Å²) >= 11 is 0. The van der Waals surface area contributed by atoms with Crippen LogP contribution in [-0.2, 0) is 61.6 Å². The van der Waals surface area contributed by atoms with Gasteiger partial charge in [-0.15, -0.1) is 0 Å². The number of carbonyl (C=O) groups excluding carboxylic acids is 1. The number of unbranched alkanes of at least 4 members (excludes halogenated alkanes) is 4. The van der Waals surface area contributed by atoms with Crippen molar-refractivity contribution < 1.29 is 43.8 Å². The first kappa shape index (κ1) is 46.2. The largest absolute Gasteiger partial charge is 0.493 e. The molecule has 0 saturated carbocycles. The van der Waals surface area contributed by atoms with Crippen molar-refractivity contribution in [3.8, 4) is 23.0 Å². The summed E-state index contributed by atoms with van der Waals surface area (Å²) in [4.78, 5) is 12.4. The van der Waals surface area contributed by atoms with Crippen molar-refractivity contribution in [3.63, 3.8) is 0 Å². The summed E-state index contributed by atoms with van der Waals surface area (Å²) in [6.07, 6.45) is 10.1. The summed E-state index contributed by atoms with van der Waals surface area (Å²) in [5, 5.41) is 32.1. The van der Waals surface area contributed by atoms with Gasteiger partial charge in [-0.25, -0.2) is 4.79 Å². The molecule has 0 spiro atoms. The molecule has 0 amide bonds. The van der Waals surface area contributed by atoms with Gasteiger partial charge in [0.25, 0.3) is 0 Å². The minimum Gasteiger partial charge on any atom is -0.493 e. The van der Waals surface area contributed by atoms with E-state index in [0.29, 0.717) is 52.1 Å². The fourth-order valence-electron chi connectivity index (χ4n) is 7.76. The molecule has 0 aromatic heterocycles. The Labute approximate surface area is 357 Å². The molecule has 0 saturated heterocycles. The van der Waals surface area contributed by atoms with Crippen LogP contribution in [0, 0.1) is 0 Å². The second kappa shape index (κ2) is 23.8. The Morgan fingerprint density at radius 3 is 0.950 bits per heavy atom. The third-order valence-electron chi connectivity index (χ3n) is 10.8. The maximum Gasteiger partial charge on any atom is 0.330 e. The van der Waals surface area contributed by atoms with Crippen molar-refractivity contribution in [2.24, 2.45) is 0 Å². The fourth-order valence-corrected chi connectivity index (χ4v) is 7.76. The summed E-state index contributed by atoms with van der Waals surface area (Å²) in [6.45, 7) is 13.8. The van der Waals surface area contributed by atoms with Gasteiger partial charge in [-0.05, 0) is 141 Å². The van der Waals surface area contributed by atoms with E-state index in [9.17, 15) is 20.1 Å². The second-order valence-corrected chi connectivity index (χ2v) is 15.8. The average Bonchev–Trinajstić information content (AvgIpc) is 3.25. The van der Waals surface area contributed by atoms with E-state index in [4.69, 9.17) is 23.7 Å². The van der Waals surface area contributed by atoms with Gasteiger partial charge in [-0.3, -0.25) is 0 Å². The maximum absolute atomic E-state index is 12.4. The molecule has 5 rings (SSSR count). The SMILES string of the molecule is C=CC(=O)OCc1cc2c(OCCCC)c(c1)Cc1cc(CO)cc(c1OCCCC)Cc1cc(CO)cc(c1OCCCC)Cc1cc(CO)cc(c1OCCCC)C2. The number of hydrogen-bond donors (Lipinski definition) is 3. The van der Waals surface area contributed by atoms with Crippen LogP contribution in [0.1, 0.15) is 146 Å². The van der Waals surface area contributed by atoms with Crippen LogP contribution >= 0.6 is 0 Å². The molecule has 0 radical (unpaired) electrons. The number of ether oxygens (including phenoxy) is 5. The van der Waals surface area contributed by atoms with Crippen molar-refractivity contribution in [3.05, 3.63) is 128 Å². The monoisotopic (exact) mass is 822 g/mol. The molecule has 0 aliphatic heterocycles. The number of hydrogen-bond acceptors (Lipinski definition) is 9. The Bertz CT molecular complexity index is 1920. The zero-order valence-corrected chi connectivity index (χ0v) is 36.3. The molecule has 1 aliphatic carbocycles. The summed E-state index contributed by atoms with van der Waals surface area (Å²) in [5.74, 6) is 2.48. The molecule has 4 aromatic rings. The van der Waals surface area contributed by atoms with Crippen molar-refractivity contribution in [1.82, 2.24) is 0 Å². The van der Waals surface area contributed by atoms with E-state index in [0.717, 1.165) is 147 Å². The van der Waals surface area contributed by atoms with Crippen LogP contribution in [0.2, 0.25) is 0 Å². The highest BCUT2D eigenvalue weighted by Crippen LogP contribution is 2.41. The van der Waals surface area contributed by atoms with E-state index < -0.39 is 5.97 Å². The minimum atomic E-state index is -0.514. The molecule has 4 aromatic carbocycles. The Balaban J connectivity index is 1.89. The summed E-state index contributed by atoms with van der Waals surface area (Å²) in [6, 6.07) is 16.2. The summed E-state index contributed by atoms with van der Waals surface area (Å²) < 4.78 is 32.6. The molecular weight excluding hydrogens is 757 g/mol. The number of carbonyl (C=O) groups is 1. The number of rotatable bonds is 22. The van der Waals surface area contributed by atoms with Crippen molar-refractivity contribution in [2.45, 2.75) is 131 Å². The van der Waals surface area contributed by atoms with Gasteiger partial charge in [-0.1, -0.05) is 60.0 Å². The van der Waals surface area contributed by atoms with Crippen molar-refractivity contribution >= 4 is 5.97 Å². The van der Waals surface area contributed by atoms with Crippen LogP contribution in [0.3, 0.4) is 0 Å². The lowest BCUT2D eigenvalue weighted by atomic mass is 9.88. The Hall–Kier alpha value is -4.83. The highest BCUT2D eigenvalue weighted by molar-refractivity contribution is 5.81. The average molecular weight is 823 g/mol. The molecule has 8 bridgehead atoms. The molecule has 0 heterocycles. The van der Waals surface area contributed by atoms with Gasteiger partial charge in [0.1, 0.15) is 29.6 Å². The van der Waals surface area contributed by atoms with Crippen LogP contribution in [0.4, 0.5) is 0 Å². The lowest BCUT2D eigenvalue weighted by Gasteiger charge is -2.25. The third-order valence-corrected chi connectivity index (χ3v) is 10.8. The van der Waals surface area contributed by atoms with Gasteiger partial charge < -0.3 is 39.0 Å². The van der Waals surface area contributed by atoms with E-state index in [1.807, 2.05) is 48.5 Å². The number of aliphatic hydroxyl groups is 3. The normalized spacial score (nSPS) is 12.2. The first-order chi connectivity index (χ1) is 29.3. The number of esters is 1. The van der Waals surface area contributed by atoms with Crippen LogP contribution < -0.4 is 18.9 Å². The molecule has 0 atom stereocenters. The number of aliphatic hydroxyl groups excluding tert-OH is 3. The van der Waals surface area contributed by atoms with Gasteiger partial charge in [0.05, 0.1) is 46.2 Å². The van der Waals surface area contributed by atoms with Gasteiger partial charge in [-0.2, -0.15) is 0 Å². The smallest absolute Gasteiger partial charge is 0.330 e. The summed E-state index contributed by atoms with van der Waals surface area (Å²) in [5.41, 5.74) is 10.2. The Morgan fingerprint density at radius 2 is 0.733 bits per heavy atom. The predicted octanol–water partition coefficient (Wildman–Crippen LogP) is 9.78. The van der Waals surface area contributed by atoms with Crippen LogP contribution in [0.15, 0.2) is 61.2 Å².